The zero-order chi connectivity index (χ0) is 16.8. The molecule has 1 heterocycles. The summed E-state index contributed by atoms with van der Waals surface area (Å²) in [6.07, 6.45) is 1.55. The molecule has 0 radical (unpaired) electrons. The predicted molar refractivity (Wildman–Crippen MR) is 89.8 cm³/mol. The number of hydrogen-bond acceptors (Lipinski definition) is 4. The van der Waals surface area contributed by atoms with Crippen molar-refractivity contribution in [3.05, 3.63) is 35.2 Å². The van der Waals surface area contributed by atoms with E-state index in [1.165, 1.54) is 0 Å². The van der Waals surface area contributed by atoms with Crippen molar-refractivity contribution in [3.63, 3.8) is 0 Å². The van der Waals surface area contributed by atoms with Crippen LogP contribution in [0.5, 0.6) is 0 Å². The van der Waals surface area contributed by atoms with Gasteiger partial charge in [-0.05, 0) is 42.5 Å². The molecule has 124 valence electrons. The average Bonchev–Trinajstić information content (AvgIpc) is 2.94. The fraction of sp³-hybridized carbons (Fsp3) is 0.471. The van der Waals surface area contributed by atoms with E-state index < -0.39 is 0 Å². The summed E-state index contributed by atoms with van der Waals surface area (Å²) in [7, 11) is 0. The molecule has 1 atom stereocenters. The number of amides is 1. The molecule has 23 heavy (non-hydrogen) atoms. The highest BCUT2D eigenvalue weighted by Crippen LogP contribution is 2.18. The minimum absolute atomic E-state index is 0.00407. The molecule has 1 unspecified atom stereocenters. The predicted octanol–water partition coefficient (Wildman–Crippen LogP) is 4.08. The van der Waals surface area contributed by atoms with Crippen LogP contribution in [0.25, 0.3) is 11.4 Å². The first-order valence-corrected chi connectivity index (χ1v) is 8.17. The van der Waals surface area contributed by atoms with Crippen LogP contribution in [0.15, 0.2) is 28.8 Å². The summed E-state index contributed by atoms with van der Waals surface area (Å²) >= 11 is 5.85. The number of halogens is 1. The maximum Gasteiger partial charge on any atom is 0.246 e. The van der Waals surface area contributed by atoms with Crippen LogP contribution in [0.3, 0.4) is 0 Å². The van der Waals surface area contributed by atoms with E-state index in [1.807, 2.05) is 12.1 Å². The number of carbonyl (C=O) groups excluding carboxylic acids is 1. The van der Waals surface area contributed by atoms with Crippen LogP contribution in [0.2, 0.25) is 5.02 Å². The van der Waals surface area contributed by atoms with Crippen molar-refractivity contribution < 1.29 is 9.32 Å². The highest BCUT2D eigenvalue weighted by molar-refractivity contribution is 6.30. The Labute approximate surface area is 141 Å². The van der Waals surface area contributed by atoms with Gasteiger partial charge in [0.1, 0.15) is 0 Å². The Morgan fingerprint density at radius 3 is 2.61 bits per heavy atom. The average molecular weight is 336 g/mol. The SMILES string of the molecule is CC(C)CC(C)CC(=O)NCc1nc(-c2ccc(Cl)cc2)no1. The summed E-state index contributed by atoms with van der Waals surface area (Å²) in [6, 6.07) is 7.18. The van der Waals surface area contributed by atoms with Gasteiger partial charge in [0.25, 0.3) is 0 Å². The molecule has 1 aromatic heterocycles. The molecule has 0 aliphatic carbocycles. The first-order valence-electron chi connectivity index (χ1n) is 7.79. The summed E-state index contributed by atoms with van der Waals surface area (Å²) in [6.45, 7) is 6.65. The van der Waals surface area contributed by atoms with E-state index in [9.17, 15) is 4.79 Å². The van der Waals surface area contributed by atoms with Gasteiger partial charge in [0, 0.05) is 17.0 Å². The maximum absolute atomic E-state index is 11.9. The number of nitrogens with one attached hydrogen (secondary N) is 1. The van der Waals surface area contributed by atoms with Gasteiger partial charge in [-0.1, -0.05) is 37.5 Å². The van der Waals surface area contributed by atoms with Crippen LogP contribution in [-0.2, 0) is 11.3 Å². The third-order valence-corrected chi connectivity index (χ3v) is 3.67. The summed E-state index contributed by atoms with van der Waals surface area (Å²) in [5, 5.41) is 7.39. The number of nitrogens with zero attached hydrogens (tertiary/aromatic N) is 2. The van der Waals surface area contributed by atoms with Gasteiger partial charge >= 0.3 is 0 Å². The smallest absolute Gasteiger partial charge is 0.246 e. The lowest BCUT2D eigenvalue weighted by molar-refractivity contribution is -0.122. The van der Waals surface area contributed by atoms with Crippen molar-refractivity contribution in [1.82, 2.24) is 15.5 Å². The molecule has 2 rings (SSSR count). The van der Waals surface area contributed by atoms with E-state index in [0.717, 1.165) is 12.0 Å². The highest BCUT2D eigenvalue weighted by atomic mass is 35.5. The Bertz CT molecular complexity index is 638. The van der Waals surface area contributed by atoms with Crippen LogP contribution >= 0.6 is 11.6 Å². The van der Waals surface area contributed by atoms with Crippen molar-refractivity contribution in [1.29, 1.82) is 0 Å². The minimum Gasteiger partial charge on any atom is -0.347 e. The van der Waals surface area contributed by atoms with Crippen molar-refractivity contribution in [3.8, 4) is 11.4 Å². The highest BCUT2D eigenvalue weighted by Gasteiger charge is 2.13. The molecular formula is C17H22ClN3O2. The van der Waals surface area contributed by atoms with E-state index in [-0.39, 0.29) is 12.5 Å². The summed E-state index contributed by atoms with van der Waals surface area (Å²) in [5.41, 5.74) is 0.821. The van der Waals surface area contributed by atoms with E-state index in [2.05, 4.69) is 36.2 Å². The molecule has 2 aromatic rings. The van der Waals surface area contributed by atoms with Gasteiger partial charge in [-0.25, -0.2) is 0 Å². The van der Waals surface area contributed by atoms with Gasteiger partial charge in [0.2, 0.25) is 17.6 Å². The van der Waals surface area contributed by atoms with Gasteiger partial charge in [0.15, 0.2) is 0 Å². The first kappa shape index (κ1) is 17.5. The summed E-state index contributed by atoms with van der Waals surface area (Å²) < 4.78 is 5.16. The Kier molecular flexibility index (Phi) is 6.16. The number of aromatic nitrogens is 2. The van der Waals surface area contributed by atoms with Crippen LogP contribution in [0.1, 0.15) is 39.5 Å². The molecule has 5 nitrogen and oxygen atoms in total. The van der Waals surface area contributed by atoms with Gasteiger partial charge in [-0.2, -0.15) is 4.98 Å². The Balaban J connectivity index is 1.85. The Hall–Kier alpha value is -1.88. The van der Waals surface area contributed by atoms with Gasteiger partial charge in [-0.3, -0.25) is 4.79 Å². The molecule has 0 saturated heterocycles. The molecule has 1 aromatic carbocycles. The van der Waals surface area contributed by atoms with E-state index in [1.54, 1.807) is 12.1 Å². The molecular weight excluding hydrogens is 314 g/mol. The zero-order valence-corrected chi connectivity index (χ0v) is 14.4. The lowest BCUT2D eigenvalue weighted by Crippen LogP contribution is -2.25. The zero-order valence-electron chi connectivity index (χ0n) is 13.7. The number of rotatable bonds is 7. The third kappa shape index (κ3) is 5.67. The second kappa shape index (κ2) is 8.11. The van der Waals surface area contributed by atoms with Crippen LogP contribution in [-0.4, -0.2) is 16.0 Å². The first-order chi connectivity index (χ1) is 10.9. The maximum atomic E-state index is 11.9. The lowest BCUT2D eigenvalue weighted by Gasteiger charge is -2.12. The second-order valence-electron chi connectivity index (χ2n) is 6.23. The van der Waals surface area contributed by atoms with E-state index in [4.69, 9.17) is 16.1 Å². The molecule has 0 spiro atoms. The molecule has 0 bridgehead atoms. The fourth-order valence-corrected chi connectivity index (χ4v) is 2.62. The van der Waals surface area contributed by atoms with E-state index >= 15 is 0 Å². The molecule has 0 fully saturated rings. The quantitative estimate of drug-likeness (QED) is 0.827. The van der Waals surface area contributed by atoms with Gasteiger partial charge in [0.05, 0.1) is 6.54 Å². The van der Waals surface area contributed by atoms with E-state index in [0.29, 0.717) is 35.0 Å². The Morgan fingerprint density at radius 2 is 1.96 bits per heavy atom. The van der Waals surface area contributed by atoms with Crippen molar-refractivity contribution >= 4 is 17.5 Å². The molecule has 1 amide bonds. The minimum atomic E-state index is 0.00407. The third-order valence-electron chi connectivity index (χ3n) is 3.41. The van der Waals surface area contributed by atoms with Gasteiger partial charge < -0.3 is 9.84 Å². The monoisotopic (exact) mass is 335 g/mol. The van der Waals surface area contributed by atoms with Crippen molar-refractivity contribution in [2.75, 3.05) is 0 Å². The fourth-order valence-electron chi connectivity index (χ4n) is 2.49. The normalized spacial score (nSPS) is 12.4. The van der Waals surface area contributed by atoms with Crippen molar-refractivity contribution in [2.45, 2.75) is 40.2 Å². The second-order valence-corrected chi connectivity index (χ2v) is 6.67. The van der Waals surface area contributed by atoms with Crippen LogP contribution in [0, 0.1) is 11.8 Å². The molecule has 0 aliphatic rings. The standard InChI is InChI=1S/C17H22ClN3O2/c1-11(2)8-12(3)9-15(22)19-10-16-20-17(21-23-16)13-4-6-14(18)7-5-13/h4-7,11-12H,8-10H2,1-3H3,(H,19,22). The van der Waals surface area contributed by atoms with Crippen molar-refractivity contribution in [2.24, 2.45) is 11.8 Å². The largest absolute Gasteiger partial charge is 0.347 e. The molecule has 0 saturated carbocycles. The summed E-state index contributed by atoms with van der Waals surface area (Å²) in [4.78, 5) is 16.2. The number of benzene rings is 1. The topological polar surface area (TPSA) is 68.0 Å². The molecule has 6 heteroatoms. The molecule has 0 aliphatic heterocycles. The lowest BCUT2D eigenvalue weighted by atomic mass is 9.96. The number of carbonyl (C=O) groups is 1. The molecule has 1 N–H and O–H groups in total. The van der Waals surface area contributed by atoms with Crippen LogP contribution < -0.4 is 5.32 Å². The Morgan fingerprint density at radius 1 is 1.26 bits per heavy atom. The summed E-state index contributed by atoms with van der Waals surface area (Å²) in [5.74, 6) is 1.83. The van der Waals surface area contributed by atoms with Gasteiger partial charge in [-0.15, -0.1) is 0 Å². The van der Waals surface area contributed by atoms with Crippen LogP contribution in [0.4, 0.5) is 0 Å². The number of hydrogen-bond donors (Lipinski definition) is 1.